The van der Waals surface area contributed by atoms with Crippen molar-refractivity contribution in [3.63, 3.8) is 0 Å². The standard InChI is InChI=1S/C9H18N2O6S/c1-7(2)17-9(13)10-18(14,15)11-3-4-16-8(5-11)6-12/h7-8,12H,3-6H2,1-2H3,(H,10,13). The molecule has 1 rings (SSSR count). The lowest BCUT2D eigenvalue weighted by Crippen LogP contribution is -2.52. The molecule has 0 aromatic heterocycles. The Hall–Kier alpha value is -0.900. The summed E-state index contributed by atoms with van der Waals surface area (Å²) in [4.78, 5) is 11.2. The van der Waals surface area contributed by atoms with E-state index in [-0.39, 0.29) is 26.3 Å². The van der Waals surface area contributed by atoms with Crippen molar-refractivity contribution >= 4 is 16.3 Å². The Morgan fingerprint density at radius 3 is 2.83 bits per heavy atom. The predicted octanol–water partition coefficient (Wildman–Crippen LogP) is -0.941. The number of morpholine rings is 1. The highest BCUT2D eigenvalue weighted by molar-refractivity contribution is 7.87. The number of ether oxygens (including phenoxy) is 2. The Morgan fingerprint density at radius 2 is 2.28 bits per heavy atom. The second-order valence-corrected chi connectivity index (χ2v) is 5.77. The largest absolute Gasteiger partial charge is 0.446 e. The molecule has 0 aromatic carbocycles. The first-order chi connectivity index (χ1) is 8.35. The van der Waals surface area contributed by atoms with Gasteiger partial charge in [0, 0.05) is 13.1 Å². The molecule has 9 heteroatoms. The van der Waals surface area contributed by atoms with Crippen LogP contribution in [0, 0.1) is 0 Å². The lowest BCUT2D eigenvalue weighted by Gasteiger charge is -2.30. The van der Waals surface area contributed by atoms with E-state index in [2.05, 4.69) is 0 Å². The fraction of sp³-hybridized carbons (Fsp3) is 0.889. The first-order valence-corrected chi connectivity index (χ1v) is 7.00. The lowest BCUT2D eigenvalue weighted by atomic mass is 10.3. The molecule has 0 spiro atoms. The summed E-state index contributed by atoms with van der Waals surface area (Å²) in [7, 11) is -3.95. The van der Waals surface area contributed by atoms with E-state index in [1.807, 2.05) is 0 Å². The van der Waals surface area contributed by atoms with E-state index in [0.29, 0.717) is 0 Å². The molecule has 1 saturated heterocycles. The third-order valence-corrected chi connectivity index (χ3v) is 3.64. The van der Waals surface area contributed by atoms with Crippen LogP contribution in [-0.4, -0.2) is 62.4 Å². The smallest absolute Gasteiger partial charge is 0.422 e. The normalized spacial score (nSPS) is 21.9. The van der Waals surface area contributed by atoms with Gasteiger partial charge in [-0.2, -0.15) is 12.7 Å². The molecule has 0 aliphatic carbocycles. The third-order valence-electron chi connectivity index (χ3n) is 2.20. The quantitative estimate of drug-likeness (QED) is 0.689. The van der Waals surface area contributed by atoms with Crippen LogP contribution in [0.25, 0.3) is 0 Å². The number of rotatable bonds is 4. The minimum Gasteiger partial charge on any atom is -0.446 e. The number of hydrogen-bond donors (Lipinski definition) is 2. The second kappa shape index (κ2) is 6.32. The van der Waals surface area contributed by atoms with E-state index in [1.165, 1.54) is 0 Å². The maximum Gasteiger partial charge on any atom is 0.422 e. The van der Waals surface area contributed by atoms with Crippen LogP contribution in [-0.2, 0) is 19.7 Å². The first-order valence-electron chi connectivity index (χ1n) is 5.56. The minimum absolute atomic E-state index is 0.000786. The summed E-state index contributed by atoms with van der Waals surface area (Å²) >= 11 is 0. The summed E-state index contributed by atoms with van der Waals surface area (Å²) in [6, 6.07) is 0. The van der Waals surface area contributed by atoms with Crippen LogP contribution in [0.5, 0.6) is 0 Å². The van der Waals surface area contributed by atoms with Gasteiger partial charge in [-0.25, -0.2) is 9.52 Å². The zero-order chi connectivity index (χ0) is 13.8. The summed E-state index contributed by atoms with van der Waals surface area (Å²) in [5.41, 5.74) is 0. The molecule has 1 fully saturated rings. The summed E-state index contributed by atoms with van der Waals surface area (Å²) in [6.45, 7) is 3.25. The highest BCUT2D eigenvalue weighted by Crippen LogP contribution is 2.08. The summed E-state index contributed by atoms with van der Waals surface area (Å²) in [6.07, 6.45) is -2.00. The van der Waals surface area contributed by atoms with Crippen LogP contribution in [0.1, 0.15) is 13.8 Å². The molecule has 106 valence electrons. The highest BCUT2D eigenvalue weighted by Gasteiger charge is 2.30. The van der Waals surface area contributed by atoms with Gasteiger partial charge < -0.3 is 14.6 Å². The summed E-state index contributed by atoms with van der Waals surface area (Å²) in [5.74, 6) is 0. The van der Waals surface area contributed by atoms with Gasteiger partial charge in [-0.3, -0.25) is 0 Å². The van der Waals surface area contributed by atoms with Gasteiger partial charge in [0.15, 0.2) is 0 Å². The van der Waals surface area contributed by atoms with Gasteiger partial charge in [0.05, 0.1) is 25.4 Å². The number of aliphatic hydroxyl groups excluding tert-OH is 1. The number of carbonyl (C=O) groups excluding carboxylic acids is 1. The second-order valence-electron chi connectivity index (χ2n) is 4.09. The zero-order valence-corrected chi connectivity index (χ0v) is 11.1. The molecular weight excluding hydrogens is 264 g/mol. The predicted molar refractivity (Wildman–Crippen MR) is 62.1 cm³/mol. The van der Waals surface area contributed by atoms with E-state index < -0.39 is 28.5 Å². The fourth-order valence-electron chi connectivity index (χ4n) is 1.43. The maximum atomic E-state index is 11.8. The molecular formula is C9H18N2O6S. The van der Waals surface area contributed by atoms with Crippen molar-refractivity contribution in [2.24, 2.45) is 0 Å². The maximum absolute atomic E-state index is 11.8. The SMILES string of the molecule is CC(C)OC(=O)NS(=O)(=O)N1CCOC(CO)C1. The first kappa shape index (κ1) is 15.2. The van der Waals surface area contributed by atoms with Crippen LogP contribution >= 0.6 is 0 Å². The van der Waals surface area contributed by atoms with Crippen molar-refractivity contribution < 1.29 is 27.8 Å². The number of carbonyl (C=O) groups is 1. The highest BCUT2D eigenvalue weighted by atomic mass is 32.2. The van der Waals surface area contributed by atoms with Crippen molar-refractivity contribution in [2.45, 2.75) is 26.1 Å². The molecule has 1 unspecified atom stereocenters. The van der Waals surface area contributed by atoms with Crippen LogP contribution < -0.4 is 4.72 Å². The molecule has 0 aromatic rings. The van der Waals surface area contributed by atoms with Crippen LogP contribution in [0.15, 0.2) is 0 Å². The Morgan fingerprint density at radius 1 is 1.61 bits per heavy atom. The lowest BCUT2D eigenvalue weighted by molar-refractivity contribution is -0.0307. The Balaban J connectivity index is 2.60. The van der Waals surface area contributed by atoms with Gasteiger partial charge in [-0.15, -0.1) is 0 Å². The van der Waals surface area contributed by atoms with E-state index in [0.717, 1.165) is 4.31 Å². The summed E-state index contributed by atoms with van der Waals surface area (Å²) in [5, 5.41) is 8.92. The molecule has 18 heavy (non-hydrogen) atoms. The van der Waals surface area contributed by atoms with Crippen molar-refractivity contribution in [3.8, 4) is 0 Å². The average molecular weight is 282 g/mol. The molecule has 1 amide bonds. The van der Waals surface area contributed by atoms with Crippen LogP contribution in [0.3, 0.4) is 0 Å². The molecule has 2 N–H and O–H groups in total. The van der Waals surface area contributed by atoms with E-state index in [1.54, 1.807) is 18.6 Å². The van der Waals surface area contributed by atoms with Gasteiger partial charge in [0.2, 0.25) is 0 Å². The molecule has 0 bridgehead atoms. The van der Waals surface area contributed by atoms with E-state index in [9.17, 15) is 13.2 Å². The van der Waals surface area contributed by atoms with Gasteiger partial charge >= 0.3 is 16.3 Å². The topological polar surface area (TPSA) is 105 Å². The number of amides is 1. The van der Waals surface area contributed by atoms with Gasteiger partial charge in [0.1, 0.15) is 0 Å². The monoisotopic (exact) mass is 282 g/mol. The van der Waals surface area contributed by atoms with Gasteiger partial charge in [-0.1, -0.05) is 0 Å². The molecule has 1 aliphatic heterocycles. The molecule has 1 heterocycles. The molecule has 0 saturated carbocycles. The molecule has 8 nitrogen and oxygen atoms in total. The Bertz CT molecular complexity index is 383. The van der Waals surface area contributed by atoms with Crippen LogP contribution in [0.2, 0.25) is 0 Å². The molecule has 1 atom stereocenters. The zero-order valence-electron chi connectivity index (χ0n) is 10.3. The number of hydrogen-bond acceptors (Lipinski definition) is 6. The minimum atomic E-state index is -3.95. The van der Waals surface area contributed by atoms with Crippen LogP contribution in [0.4, 0.5) is 4.79 Å². The van der Waals surface area contributed by atoms with Crippen molar-refractivity contribution in [1.82, 2.24) is 9.03 Å². The number of aliphatic hydroxyl groups is 1. The summed E-state index contributed by atoms with van der Waals surface area (Å²) < 4.78 is 36.3. The van der Waals surface area contributed by atoms with Crippen molar-refractivity contribution in [2.75, 3.05) is 26.3 Å². The van der Waals surface area contributed by atoms with E-state index in [4.69, 9.17) is 14.6 Å². The van der Waals surface area contributed by atoms with Gasteiger partial charge in [0.25, 0.3) is 0 Å². The number of nitrogens with zero attached hydrogens (tertiary/aromatic N) is 1. The Labute approximate surface area is 106 Å². The molecule has 0 radical (unpaired) electrons. The Kier molecular flexibility index (Phi) is 5.32. The van der Waals surface area contributed by atoms with Gasteiger partial charge in [-0.05, 0) is 13.8 Å². The number of nitrogens with one attached hydrogen (secondary N) is 1. The van der Waals surface area contributed by atoms with E-state index >= 15 is 0 Å². The average Bonchev–Trinajstić information content (AvgIpc) is 2.27. The van der Waals surface area contributed by atoms with Crippen molar-refractivity contribution in [1.29, 1.82) is 0 Å². The van der Waals surface area contributed by atoms with Crippen molar-refractivity contribution in [3.05, 3.63) is 0 Å². The third kappa shape index (κ3) is 4.41. The molecule has 1 aliphatic rings. The fourth-order valence-corrected chi connectivity index (χ4v) is 2.49.